The number of rotatable bonds is 5. The second kappa shape index (κ2) is 6.73. The molecule has 2 heteroatoms. The largest absolute Gasteiger partial charge is 0.390 e. The molecule has 1 aromatic rings. The number of ether oxygens (including phenoxy) is 1. The van der Waals surface area contributed by atoms with Gasteiger partial charge in [-0.25, -0.2) is 0 Å². The maximum absolute atomic E-state index is 10.8. The molecule has 1 fully saturated rings. The molecule has 0 bridgehead atoms. The van der Waals surface area contributed by atoms with E-state index in [9.17, 15) is 5.11 Å². The minimum absolute atomic E-state index is 0.328. The summed E-state index contributed by atoms with van der Waals surface area (Å²) in [6, 6.07) is 8.42. The SMILES string of the molecule is CCOC1(C(O)Cc2cccc(C)c2)CCC(C)CC1. The molecule has 2 nitrogen and oxygen atoms in total. The van der Waals surface area contributed by atoms with Gasteiger partial charge in [0.2, 0.25) is 0 Å². The summed E-state index contributed by atoms with van der Waals surface area (Å²) in [5, 5.41) is 10.8. The summed E-state index contributed by atoms with van der Waals surface area (Å²) in [4.78, 5) is 0. The monoisotopic (exact) mass is 276 g/mol. The zero-order chi connectivity index (χ0) is 14.6. The lowest BCUT2D eigenvalue weighted by atomic mass is 9.75. The summed E-state index contributed by atoms with van der Waals surface area (Å²) >= 11 is 0. The predicted molar refractivity (Wildman–Crippen MR) is 82.9 cm³/mol. The Bertz CT molecular complexity index is 419. The minimum Gasteiger partial charge on any atom is -0.390 e. The van der Waals surface area contributed by atoms with Crippen LogP contribution in [0.5, 0.6) is 0 Å². The Morgan fingerprint density at radius 2 is 2.05 bits per heavy atom. The maximum Gasteiger partial charge on any atom is 0.0943 e. The van der Waals surface area contributed by atoms with Crippen molar-refractivity contribution >= 4 is 0 Å². The van der Waals surface area contributed by atoms with E-state index in [4.69, 9.17) is 4.74 Å². The van der Waals surface area contributed by atoms with Crippen LogP contribution < -0.4 is 0 Å². The van der Waals surface area contributed by atoms with Gasteiger partial charge in [-0.05, 0) is 51.0 Å². The van der Waals surface area contributed by atoms with Crippen molar-refractivity contribution in [3.63, 3.8) is 0 Å². The quantitative estimate of drug-likeness (QED) is 0.884. The Balaban J connectivity index is 2.09. The van der Waals surface area contributed by atoms with E-state index in [1.54, 1.807) is 0 Å². The molecule has 1 saturated carbocycles. The van der Waals surface area contributed by atoms with Crippen LogP contribution in [0.4, 0.5) is 0 Å². The Morgan fingerprint density at radius 1 is 1.35 bits per heavy atom. The van der Waals surface area contributed by atoms with Gasteiger partial charge < -0.3 is 9.84 Å². The summed E-state index contributed by atoms with van der Waals surface area (Å²) in [6.07, 6.45) is 4.56. The second-order valence-corrected chi connectivity index (χ2v) is 6.39. The lowest BCUT2D eigenvalue weighted by Gasteiger charge is -2.42. The first-order valence-electron chi connectivity index (χ1n) is 7.93. The smallest absolute Gasteiger partial charge is 0.0943 e. The van der Waals surface area contributed by atoms with Crippen LogP contribution in [0.3, 0.4) is 0 Å². The molecular formula is C18H28O2. The van der Waals surface area contributed by atoms with Gasteiger partial charge in [-0.2, -0.15) is 0 Å². The standard InChI is InChI=1S/C18H28O2/c1-4-20-18(10-8-14(2)9-11-18)17(19)13-16-7-5-6-15(3)12-16/h5-7,12,14,17,19H,4,8-11,13H2,1-3H3. The second-order valence-electron chi connectivity index (χ2n) is 6.39. The van der Waals surface area contributed by atoms with Gasteiger partial charge in [-0.1, -0.05) is 36.8 Å². The van der Waals surface area contributed by atoms with Crippen molar-refractivity contribution in [1.82, 2.24) is 0 Å². The van der Waals surface area contributed by atoms with Gasteiger partial charge in [-0.15, -0.1) is 0 Å². The molecule has 1 aromatic carbocycles. The van der Waals surface area contributed by atoms with Gasteiger partial charge in [0.15, 0.2) is 0 Å². The van der Waals surface area contributed by atoms with Crippen molar-refractivity contribution in [1.29, 1.82) is 0 Å². The van der Waals surface area contributed by atoms with Crippen molar-refractivity contribution in [3.8, 4) is 0 Å². The van der Waals surface area contributed by atoms with Crippen LogP contribution in [0.2, 0.25) is 0 Å². The lowest BCUT2D eigenvalue weighted by molar-refractivity contribution is -0.143. The molecule has 1 N–H and O–H groups in total. The highest BCUT2D eigenvalue weighted by Gasteiger charge is 2.41. The fraction of sp³-hybridized carbons (Fsp3) is 0.667. The van der Waals surface area contributed by atoms with Crippen molar-refractivity contribution < 1.29 is 9.84 Å². The van der Waals surface area contributed by atoms with Crippen LogP contribution >= 0.6 is 0 Å². The molecule has 20 heavy (non-hydrogen) atoms. The van der Waals surface area contributed by atoms with Gasteiger partial charge in [0, 0.05) is 13.0 Å². The van der Waals surface area contributed by atoms with Crippen LogP contribution in [0, 0.1) is 12.8 Å². The van der Waals surface area contributed by atoms with Gasteiger partial charge in [0.1, 0.15) is 0 Å². The highest BCUT2D eigenvalue weighted by atomic mass is 16.5. The molecule has 0 spiro atoms. The molecule has 0 amide bonds. The van der Waals surface area contributed by atoms with E-state index in [0.717, 1.165) is 31.6 Å². The first-order valence-corrected chi connectivity index (χ1v) is 7.93. The van der Waals surface area contributed by atoms with Gasteiger partial charge in [0.25, 0.3) is 0 Å². The summed E-state index contributed by atoms with van der Waals surface area (Å²) in [7, 11) is 0. The zero-order valence-electron chi connectivity index (χ0n) is 13.1. The summed E-state index contributed by atoms with van der Waals surface area (Å²) in [5.74, 6) is 0.759. The molecule has 0 radical (unpaired) electrons. The fourth-order valence-corrected chi connectivity index (χ4v) is 3.36. The molecule has 0 aliphatic heterocycles. The Labute approximate surface area is 123 Å². The number of hydrogen-bond acceptors (Lipinski definition) is 2. The Morgan fingerprint density at radius 3 is 2.65 bits per heavy atom. The van der Waals surface area contributed by atoms with Gasteiger partial charge in [0.05, 0.1) is 11.7 Å². The highest BCUT2D eigenvalue weighted by molar-refractivity contribution is 5.23. The predicted octanol–water partition coefficient (Wildman–Crippen LogP) is 3.88. The Kier molecular flexibility index (Phi) is 5.22. The van der Waals surface area contributed by atoms with Crippen molar-refractivity contribution in [3.05, 3.63) is 35.4 Å². The van der Waals surface area contributed by atoms with Gasteiger partial charge in [-0.3, -0.25) is 0 Å². The molecule has 2 rings (SSSR count). The summed E-state index contributed by atoms with van der Waals surface area (Å²) < 4.78 is 6.03. The number of hydrogen-bond donors (Lipinski definition) is 1. The molecule has 0 saturated heterocycles. The van der Waals surface area contributed by atoms with E-state index in [2.05, 4.69) is 38.1 Å². The van der Waals surface area contributed by atoms with E-state index in [1.807, 2.05) is 6.92 Å². The summed E-state index contributed by atoms with van der Waals surface area (Å²) in [5.41, 5.74) is 2.12. The van der Waals surface area contributed by atoms with Crippen LogP contribution in [0.25, 0.3) is 0 Å². The Hall–Kier alpha value is -0.860. The normalized spacial score (nSPS) is 28.3. The third-order valence-corrected chi connectivity index (χ3v) is 4.67. The summed E-state index contributed by atoms with van der Waals surface area (Å²) in [6.45, 7) is 7.09. The first kappa shape index (κ1) is 15.5. The van der Waals surface area contributed by atoms with Crippen LogP contribution in [0.15, 0.2) is 24.3 Å². The molecule has 112 valence electrons. The van der Waals surface area contributed by atoms with Crippen LogP contribution in [-0.4, -0.2) is 23.4 Å². The molecule has 1 aliphatic carbocycles. The van der Waals surface area contributed by atoms with E-state index in [-0.39, 0.29) is 5.60 Å². The zero-order valence-corrected chi connectivity index (χ0v) is 13.1. The molecule has 1 unspecified atom stereocenters. The number of aliphatic hydroxyl groups is 1. The topological polar surface area (TPSA) is 29.5 Å². The number of aryl methyl sites for hydroxylation is 1. The molecule has 1 aliphatic rings. The van der Waals surface area contributed by atoms with E-state index >= 15 is 0 Å². The minimum atomic E-state index is -0.406. The van der Waals surface area contributed by atoms with Crippen molar-refractivity contribution in [2.24, 2.45) is 5.92 Å². The third-order valence-electron chi connectivity index (χ3n) is 4.67. The van der Waals surface area contributed by atoms with Gasteiger partial charge >= 0.3 is 0 Å². The number of aliphatic hydroxyl groups excluding tert-OH is 1. The maximum atomic E-state index is 10.8. The van der Waals surface area contributed by atoms with Crippen molar-refractivity contribution in [2.75, 3.05) is 6.61 Å². The molecule has 0 aromatic heterocycles. The van der Waals surface area contributed by atoms with Crippen LogP contribution in [0.1, 0.15) is 50.7 Å². The average molecular weight is 276 g/mol. The van der Waals surface area contributed by atoms with Crippen molar-refractivity contribution in [2.45, 2.75) is 64.6 Å². The average Bonchev–Trinajstić information content (AvgIpc) is 2.42. The molecule has 1 atom stereocenters. The lowest BCUT2D eigenvalue weighted by Crippen LogP contribution is -2.48. The molecular weight excluding hydrogens is 248 g/mol. The van der Waals surface area contributed by atoms with Crippen LogP contribution in [-0.2, 0) is 11.2 Å². The number of benzene rings is 1. The third kappa shape index (κ3) is 3.62. The van der Waals surface area contributed by atoms with E-state index in [0.29, 0.717) is 13.0 Å². The van der Waals surface area contributed by atoms with E-state index in [1.165, 1.54) is 11.1 Å². The highest BCUT2D eigenvalue weighted by Crippen LogP contribution is 2.38. The van der Waals surface area contributed by atoms with E-state index < -0.39 is 6.10 Å². The molecule has 0 heterocycles. The fourth-order valence-electron chi connectivity index (χ4n) is 3.36. The first-order chi connectivity index (χ1) is 9.55.